The van der Waals surface area contributed by atoms with Crippen molar-refractivity contribution in [2.24, 2.45) is 0 Å². The summed E-state index contributed by atoms with van der Waals surface area (Å²) in [5.74, 6) is 6.40. The van der Waals surface area contributed by atoms with Gasteiger partial charge in [0.25, 0.3) is 5.91 Å². The van der Waals surface area contributed by atoms with Crippen LogP contribution in [0, 0.1) is 17.7 Å². The van der Waals surface area contributed by atoms with Crippen molar-refractivity contribution in [1.82, 2.24) is 15.4 Å². The van der Waals surface area contributed by atoms with Crippen molar-refractivity contribution in [3.8, 4) is 11.8 Å². The Bertz CT molecular complexity index is 1090. The monoisotopic (exact) mass is 555 g/mol. The SMILES string of the molecule is CCCCCSNCC(CCNC=O)(CCOC(C)(C)C)NC(=O)c1ccc(C#Cc2cccc(F)c2)cc1. The highest BCUT2D eigenvalue weighted by Crippen LogP contribution is 2.20. The van der Waals surface area contributed by atoms with E-state index in [1.807, 2.05) is 20.8 Å². The molecule has 2 aromatic carbocycles. The van der Waals surface area contributed by atoms with Crippen molar-refractivity contribution in [3.05, 3.63) is 71.0 Å². The van der Waals surface area contributed by atoms with Gasteiger partial charge in [0, 0.05) is 42.1 Å². The summed E-state index contributed by atoms with van der Waals surface area (Å²) in [5, 5.41) is 5.98. The maximum atomic E-state index is 13.4. The van der Waals surface area contributed by atoms with Crippen LogP contribution in [0.15, 0.2) is 48.5 Å². The highest BCUT2D eigenvalue weighted by molar-refractivity contribution is 7.97. The molecule has 0 aromatic heterocycles. The van der Waals surface area contributed by atoms with Crippen molar-refractivity contribution >= 4 is 24.3 Å². The molecule has 0 saturated heterocycles. The molecule has 6 nitrogen and oxygen atoms in total. The lowest BCUT2D eigenvalue weighted by Crippen LogP contribution is -2.56. The molecule has 3 N–H and O–H groups in total. The Balaban J connectivity index is 2.16. The van der Waals surface area contributed by atoms with Crippen LogP contribution in [0.25, 0.3) is 0 Å². The summed E-state index contributed by atoms with van der Waals surface area (Å²) in [5.41, 5.74) is 0.878. The second-order valence-electron chi connectivity index (χ2n) is 10.5. The first-order valence-corrected chi connectivity index (χ1v) is 14.5. The van der Waals surface area contributed by atoms with Gasteiger partial charge in [-0.2, -0.15) is 0 Å². The van der Waals surface area contributed by atoms with E-state index in [1.54, 1.807) is 48.3 Å². The van der Waals surface area contributed by atoms with E-state index in [4.69, 9.17) is 4.74 Å². The van der Waals surface area contributed by atoms with Crippen LogP contribution in [-0.2, 0) is 9.53 Å². The predicted octanol–water partition coefficient (Wildman–Crippen LogP) is 5.46. The Labute approximate surface area is 237 Å². The van der Waals surface area contributed by atoms with Gasteiger partial charge >= 0.3 is 0 Å². The first kappa shape index (κ1) is 32.4. The third-order valence-corrected chi connectivity index (χ3v) is 6.85. The van der Waals surface area contributed by atoms with Crippen LogP contribution in [0.4, 0.5) is 4.39 Å². The fourth-order valence-corrected chi connectivity index (χ4v) is 4.68. The third-order valence-electron chi connectivity index (χ3n) is 6.01. The van der Waals surface area contributed by atoms with E-state index in [9.17, 15) is 14.0 Å². The number of carbonyl (C=O) groups excluding carboxylic acids is 2. The molecule has 0 spiro atoms. The first-order chi connectivity index (χ1) is 18.7. The second kappa shape index (κ2) is 17.0. The second-order valence-corrected chi connectivity index (χ2v) is 11.5. The molecule has 2 aromatic rings. The molecule has 0 saturated carbocycles. The van der Waals surface area contributed by atoms with Crippen molar-refractivity contribution in [2.75, 3.05) is 25.4 Å². The summed E-state index contributed by atoms with van der Waals surface area (Å²) < 4.78 is 22.9. The number of amides is 2. The van der Waals surface area contributed by atoms with Crippen molar-refractivity contribution in [1.29, 1.82) is 0 Å². The van der Waals surface area contributed by atoms with Gasteiger partial charge in [0.1, 0.15) is 5.82 Å². The number of carbonyl (C=O) groups is 2. The molecule has 8 heteroatoms. The Kier molecular flexibility index (Phi) is 14.1. The Morgan fingerprint density at radius 2 is 1.79 bits per heavy atom. The van der Waals surface area contributed by atoms with Gasteiger partial charge in [0.05, 0.1) is 11.1 Å². The number of rotatable bonds is 16. The normalized spacial score (nSPS) is 12.6. The molecule has 0 aliphatic rings. The molecule has 212 valence electrons. The first-order valence-electron chi connectivity index (χ1n) is 13.5. The van der Waals surface area contributed by atoms with Crippen LogP contribution in [0.3, 0.4) is 0 Å². The summed E-state index contributed by atoms with van der Waals surface area (Å²) in [6, 6.07) is 13.2. The highest BCUT2D eigenvalue weighted by atomic mass is 32.2. The van der Waals surface area contributed by atoms with Crippen LogP contribution in [0.5, 0.6) is 0 Å². The van der Waals surface area contributed by atoms with E-state index in [0.29, 0.717) is 50.1 Å². The van der Waals surface area contributed by atoms with Gasteiger partial charge in [-0.25, -0.2) is 4.39 Å². The fourth-order valence-electron chi connectivity index (χ4n) is 3.81. The van der Waals surface area contributed by atoms with Gasteiger partial charge in [-0.1, -0.05) is 49.6 Å². The fraction of sp³-hybridized carbons (Fsp3) is 0.484. The summed E-state index contributed by atoms with van der Waals surface area (Å²) in [6.07, 6.45) is 5.27. The van der Waals surface area contributed by atoms with E-state index in [0.717, 1.165) is 24.2 Å². The highest BCUT2D eigenvalue weighted by Gasteiger charge is 2.32. The lowest BCUT2D eigenvalue weighted by atomic mass is 9.90. The third kappa shape index (κ3) is 13.2. The minimum atomic E-state index is -0.633. The molecule has 39 heavy (non-hydrogen) atoms. The molecule has 1 unspecified atom stereocenters. The van der Waals surface area contributed by atoms with Crippen LogP contribution in [-0.4, -0.2) is 48.9 Å². The molecular weight excluding hydrogens is 513 g/mol. The van der Waals surface area contributed by atoms with E-state index in [-0.39, 0.29) is 17.3 Å². The lowest BCUT2D eigenvalue weighted by molar-refractivity contribution is -0.109. The lowest BCUT2D eigenvalue weighted by Gasteiger charge is -2.36. The Morgan fingerprint density at radius 1 is 1.05 bits per heavy atom. The van der Waals surface area contributed by atoms with Crippen LogP contribution in [0.2, 0.25) is 0 Å². The molecule has 0 aliphatic carbocycles. The maximum Gasteiger partial charge on any atom is 0.251 e. The van der Waals surface area contributed by atoms with Crippen LogP contribution in [0.1, 0.15) is 81.3 Å². The summed E-state index contributed by atoms with van der Waals surface area (Å²) in [4.78, 5) is 24.4. The molecule has 2 amide bonds. The largest absolute Gasteiger partial charge is 0.376 e. The number of benzene rings is 2. The number of hydrogen-bond acceptors (Lipinski definition) is 5. The zero-order valence-electron chi connectivity index (χ0n) is 23.6. The molecule has 0 radical (unpaired) electrons. The van der Waals surface area contributed by atoms with Gasteiger partial charge in [-0.3, -0.25) is 14.3 Å². The van der Waals surface area contributed by atoms with Crippen molar-refractivity contribution in [2.45, 2.75) is 70.9 Å². The number of hydrogen-bond donors (Lipinski definition) is 3. The van der Waals surface area contributed by atoms with Gasteiger partial charge in [-0.15, -0.1) is 0 Å². The summed E-state index contributed by atoms with van der Waals surface area (Å²) in [6.45, 7) is 9.60. The van der Waals surface area contributed by atoms with E-state index >= 15 is 0 Å². The van der Waals surface area contributed by atoms with Crippen molar-refractivity contribution in [3.63, 3.8) is 0 Å². The molecule has 0 fully saturated rings. The number of nitrogens with one attached hydrogen (secondary N) is 3. The number of unbranched alkanes of at least 4 members (excludes halogenated alkanes) is 2. The maximum absolute atomic E-state index is 13.4. The number of halogens is 1. The van der Waals surface area contributed by atoms with E-state index < -0.39 is 5.54 Å². The Hall–Kier alpha value is -2.86. The summed E-state index contributed by atoms with van der Waals surface area (Å²) in [7, 11) is 0. The quantitative estimate of drug-likeness (QED) is 0.111. The zero-order valence-corrected chi connectivity index (χ0v) is 24.4. The van der Waals surface area contributed by atoms with Crippen molar-refractivity contribution < 1.29 is 18.7 Å². The van der Waals surface area contributed by atoms with Gasteiger partial charge < -0.3 is 15.4 Å². The number of ether oxygens (including phenoxy) is 1. The van der Waals surface area contributed by atoms with E-state index in [1.165, 1.54) is 18.6 Å². The average molecular weight is 556 g/mol. The molecule has 0 heterocycles. The van der Waals surface area contributed by atoms with Gasteiger partial charge in [0.15, 0.2) is 0 Å². The standard InChI is InChI=1S/C31H42FN3O3S/c1-5-6-7-21-39-34-23-31(17-19-33-24-36,18-20-38-30(2,3)4)35-29(37)27-15-13-25(14-16-27)11-12-26-9-8-10-28(32)22-26/h8-10,13-16,22,24,34H,5-7,17-21,23H2,1-4H3,(H,33,36)(H,35,37). The Morgan fingerprint density at radius 3 is 2.46 bits per heavy atom. The topological polar surface area (TPSA) is 79.5 Å². The molecular formula is C31H42FN3O3S. The van der Waals surface area contributed by atoms with Gasteiger partial charge in [0.2, 0.25) is 6.41 Å². The zero-order chi connectivity index (χ0) is 28.6. The van der Waals surface area contributed by atoms with E-state index in [2.05, 4.69) is 34.1 Å². The predicted molar refractivity (Wildman–Crippen MR) is 158 cm³/mol. The van der Waals surface area contributed by atoms with Crippen LogP contribution < -0.4 is 15.4 Å². The molecule has 1 atom stereocenters. The van der Waals surface area contributed by atoms with Crippen LogP contribution >= 0.6 is 11.9 Å². The molecule has 2 rings (SSSR count). The molecule has 0 bridgehead atoms. The minimum Gasteiger partial charge on any atom is -0.376 e. The summed E-state index contributed by atoms with van der Waals surface area (Å²) >= 11 is 1.66. The average Bonchev–Trinajstić information content (AvgIpc) is 2.89. The molecule has 0 aliphatic heterocycles. The smallest absolute Gasteiger partial charge is 0.251 e. The van der Waals surface area contributed by atoms with Gasteiger partial charge in [-0.05, 0) is 82.5 Å². The minimum absolute atomic E-state index is 0.209.